The van der Waals surface area contributed by atoms with Crippen molar-refractivity contribution >= 4 is 5.91 Å². The molecule has 14 heavy (non-hydrogen) atoms. The predicted molar refractivity (Wildman–Crippen MR) is 57.8 cm³/mol. The molecule has 0 atom stereocenters. The largest absolute Gasteiger partial charge is 0.368 e. The van der Waals surface area contributed by atoms with E-state index in [9.17, 15) is 4.79 Å². The Morgan fingerprint density at radius 2 is 2.00 bits per heavy atom. The Morgan fingerprint density at radius 1 is 1.50 bits per heavy atom. The number of primary amides is 1. The maximum absolute atomic E-state index is 11.1. The van der Waals surface area contributed by atoms with Gasteiger partial charge in [-0.05, 0) is 25.3 Å². The highest BCUT2D eigenvalue weighted by Gasteiger charge is 2.38. The van der Waals surface area contributed by atoms with Crippen LogP contribution in [0.25, 0.3) is 0 Å². The van der Waals surface area contributed by atoms with Gasteiger partial charge in [0.1, 0.15) is 0 Å². The number of carbonyl (C=O) groups is 1. The molecular formula is C11H20N2O. The van der Waals surface area contributed by atoms with Gasteiger partial charge in [-0.15, -0.1) is 0 Å². The molecular weight excluding hydrogens is 176 g/mol. The molecule has 3 nitrogen and oxygen atoms in total. The standard InChI is InChI=1S/C11H20N2O/c1-8(2)5-9-6-13(7-9)11(3,4)10(12)14/h5,8H,6-7H2,1-4H3,(H2,12,14). The van der Waals surface area contributed by atoms with E-state index in [0.717, 1.165) is 13.1 Å². The Hall–Kier alpha value is -0.830. The summed E-state index contributed by atoms with van der Waals surface area (Å²) in [6.07, 6.45) is 2.26. The normalized spacial score (nSPS) is 18.2. The van der Waals surface area contributed by atoms with Crippen LogP contribution in [0.1, 0.15) is 27.7 Å². The molecule has 1 aliphatic heterocycles. The molecule has 2 N–H and O–H groups in total. The summed E-state index contributed by atoms with van der Waals surface area (Å²) in [5.74, 6) is 0.338. The van der Waals surface area contributed by atoms with E-state index in [1.807, 2.05) is 13.8 Å². The molecule has 0 spiro atoms. The SMILES string of the molecule is CC(C)C=C1CN(C(C)(C)C(N)=O)C1. The third-order valence-electron chi connectivity index (χ3n) is 2.75. The van der Waals surface area contributed by atoms with E-state index in [0.29, 0.717) is 5.92 Å². The van der Waals surface area contributed by atoms with Crippen molar-refractivity contribution in [2.45, 2.75) is 33.2 Å². The van der Waals surface area contributed by atoms with E-state index >= 15 is 0 Å². The van der Waals surface area contributed by atoms with Crippen molar-refractivity contribution in [1.82, 2.24) is 4.90 Å². The molecule has 0 unspecified atom stereocenters. The Labute approximate surface area is 86.0 Å². The molecule has 0 aromatic carbocycles. The van der Waals surface area contributed by atoms with Crippen molar-refractivity contribution in [3.05, 3.63) is 11.6 Å². The average Bonchev–Trinajstić information content (AvgIpc) is 1.94. The molecule has 80 valence electrons. The van der Waals surface area contributed by atoms with Crippen molar-refractivity contribution in [1.29, 1.82) is 0 Å². The van der Waals surface area contributed by atoms with Gasteiger partial charge in [0, 0.05) is 13.1 Å². The number of nitrogens with zero attached hydrogens (tertiary/aromatic N) is 1. The molecule has 1 aliphatic rings. The third kappa shape index (κ3) is 2.15. The summed E-state index contributed by atoms with van der Waals surface area (Å²) in [5.41, 5.74) is 6.23. The number of nitrogens with two attached hydrogens (primary N) is 1. The lowest BCUT2D eigenvalue weighted by Gasteiger charge is -2.44. The van der Waals surface area contributed by atoms with Crippen LogP contribution in [-0.2, 0) is 4.79 Å². The molecule has 0 radical (unpaired) electrons. The van der Waals surface area contributed by atoms with Gasteiger partial charge in [-0.25, -0.2) is 0 Å². The van der Waals surface area contributed by atoms with Crippen molar-refractivity contribution in [3.63, 3.8) is 0 Å². The molecule has 1 saturated heterocycles. The summed E-state index contributed by atoms with van der Waals surface area (Å²) < 4.78 is 0. The second-order valence-electron chi connectivity index (χ2n) is 4.85. The third-order valence-corrected chi connectivity index (χ3v) is 2.75. The van der Waals surface area contributed by atoms with Crippen LogP contribution in [-0.4, -0.2) is 29.4 Å². The fourth-order valence-electron chi connectivity index (χ4n) is 1.57. The monoisotopic (exact) mass is 196 g/mol. The van der Waals surface area contributed by atoms with Crippen LogP contribution in [0.5, 0.6) is 0 Å². The van der Waals surface area contributed by atoms with Crippen LogP contribution in [0.2, 0.25) is 0 Å². The molecule has 1 fully saturated rings. The second-order valence-corrected chi connectivity index (χ2v) is 4.85. The molecule has 0 aromatic heterocycles. The molecule has 1 heterocycles. The number of rotatable bonds is 3. The first-order valence-electron chi connectivity index (χ1n) is 5.08. The smallest absolute Gasteiger partial charge is 0.237 e. The second kappa shape index (κ2) is 3.73. The van der Waals surface area contributed by atoms with Crippen LogP contribution < -0.4 is 5.73 Å². The fraction of sp³-hybridized carbons (Fsp3) is 0.727. The minimum Gasteiger partial charge on any atom is -0.368 e. The summed E-state index contributed by atoms with van der Waals surface area (Å²) in [6.45, 7) is 9.84. The number of carbonyl (C=O) groups excluding carboxylic acids is 1. The van der Waals surface area contributed by atoms with Gasteiger partial charge < -0.3 is 5.73 Å². The Kier molecular flexibility index (Phi) is 3.00. The van der Waals surface area contributed by atoms with E-state index < -0.39 is 5.54 Å². The quantitative estimate of drug-likeness (QED) is 0.688. The molecule has 1 rings (SSSR count). The first-order chi connectivity index (χ1) is 6.34. The molecule has 0 aromatic rings. The summed E-state index contributed by atoms with van der Waals surface area (Å²) in [6, 6.07) is 0. The van der Waals surface area contributed by atoms with Gasteiger partial charge in [0.25, 0.3) is 0 Å². The molecule has 1 amide bonds. The lowest BCUT2D eigenvalue weighted by Crippen LogP contribution is -2.59. The van der Waals surface area contributed by atoms with Gasteiger partial charge in [-0.3, -0.25) is 9.69 Å². The summed E-state index contributed by atoms with van der Waals surface area (Å²) >= 11 is 0. The summed E-state index contributed by atoms with van der Waals surface area (Å²) in [7, 11) is 0. The Bertz CT molecular complexity index is 258. The van der Waals surface area contributed by atoms with Crippen molar-refractivity contribution in [2.24, 2.45) is 11.7 Å². The lowest BCUT2D eigenvalue weighted by molar-refractivity contribution is -0.129. The minimum absolute atomic E-state index is 0.249. The molecule has 0 bridgehead atoms. The zero-order chi connectivity index (χ0) is 10.9. The van der Waals surface area contributed by atoms with Crippen molar-refractivity contribution in [3.8, 4) is 0 Å². The number of hydrogen-bond donors (Lipinski definition) is 1. The number of hydrogen-bond acceptors (Lipinski definition) is 2. The maximum Gasteiger partial charge on any atom is 0.237 e. The van der Waals surface area contributed by atoms with Gasteiger partial charge in [0.05, 0.1) is 5.54 Å². The Balaban J connectivity index is 2.53. The molecule has 3 heteroatoms. The van der Waals surface area contributed by atoms with Gasteiger partial charge >= 0.3 is 0 Å². The van der Waals surface area contributed by atoms with E-state index in [-0.39, 0.29) is 5.91 Å². The van der Waals surface area contributed by atoms with E-state index in [1.165, 1.54) is 5.57 Å². The van der Waals surface area contributed by atoms with E-state index in [1.54, 1.807) is 0 Å². The number of likely N-dealkylation sites (tertiary alicyclic amines) is 1. The van der Waals surface area contributed by atoms with Gasteiger partial charge in [-0.1, -0.05) is 19.9 Å². The lowest BCUT2D eigenvalue weighted by atomic mass is 9.93. The minimum atomic E-state index is -0.506. The zero-order valence-electron chi connectivity index (χ0n) is 9.50. The maximum atomic E-state index is 11.1. The van der Waals surface area contributed by atoms with E-state index in [4.69, 9.17) is 5.73 Å². The van der Waals surface area contributed by atoms with Crippen LogP contribution in [0.15, 0.2) is 11.6 Å². The van der Waals surface area contributed by atoms with Crippen LogP contribution in [0, 0.1) is 5.92 Å². The average molecular weight is 196 g/mol. The zero-order valence-corrected chi connectivity index (χ0v) is 9.50. The van der Waals surface area contributed by atoms with Crippen molar-refractivity contribution < 1.29 is 4.79 Å². The highest BCUT2D eigenvalue weighted by atomic mass is 16.1. The first kappa shape index (κ1) is 11.2. The predicted octanol–water partition coefficient (Wildman–Crippen LogP) is 1.15. The van der Waals surface area contributed by atoms with Crippen molar-refractivity contribution in [2.75, 3.05) is 13.1 Å². The highest BCUT2D eigenvalue weighted by Crippen LogP contribution is 2.25. The summed E-state index contributed by atoms with van der Waals surface area (Å²) in [4.78, 5) is 13.2. The van der Waals surface area contributed by atoms with Gasteiger partial charge in [0.15, 0.2) is 0 Å². The van der Waals surface area contributed by atoms with E-state index in [2.05, 4.69) is 24.8 Å². The number of allylic oxidation sites excluding steroid dienone is 1. The topological polar surface area (TPSA) is 46.3 Å². The van der Waals surface area contributed by atoms with Crippen LogP contribution in [0.4, 0.5) is 0 Å². The van der Waals surface area contributed by atoms with Crippen LogP contribution >= 0.6 is 0 Å². The fourth-order valence-corrected chi connectivity index (χ4v) is 1.57. The van der Waals surface area contributed by atoms with Crippen LogP contribution in [0.3, 0.4) is 0 Å². The highest BCUT2D eigenvalue weighted by molar-refractivity contribution is 5.84. The Morgan fingerprint density at radius 3 is 2.36 bits per heavy atom. The molecule has 0 saturated carbocycles. The number of amides is 1. The van der Waals surface area contributed by atoms with Gasteiger partial charge in [-0.2, -0.15) is 0 Å². The first-order valence-corrected chi connectivity index (χ1v) is 5.08. The summed E-state index contributed by atoms with van der Waals surface area (Å²) in [5, 5.41) is 0. The molecule has 0 aliphatic carbocycles. The van der Waals surface area contributed by atoms with Gasteiger partial charge in [0.2, 0.25) is 5.91 Å².